The Labute approximate surface area is 218 Å². The van der Waals surface area contributed by atoms with E-state index in [2.05, 4.69) is 15.3 Å². The first kappa shape index (κ1) is 29.0. The lowest BCUT2D eigenvalue weighted by molar-refractivity contribution is -0.198. The number of anilines is 1. The number of nitrogens with zero attached hydrogens (tertiary/aromatic N) is 2. The van der Waals surface area contributed by atoms with E-state index in [0.717, 1.165) is 6.07 Å². The zero-order chi connectivity index (χ0) is 28.5. The van der Waals surface area contributed by atoms with Crippen LogP contribution in [0.2, 0.25) is 0 Å². The van der Waals surface area contributed by atoms with Crippen molar-refractivity contribution in [2.75, 3.05) is 31.7 Å². The molecule has 0 bridgehead atoms. The summed E-state index contributed by atoms with van der Waals surface area (Å²) >= 11 is 0. The average molecular weight is 566 g/mol. The highest BCUT2D eigenvalue weighted by Crippen LogP contribution is 2.40. The molecule has 0 aliphatic carbocycles. The summed E-state index contributed by atoms with van der Waals surface area (Å²) in [5, 5.41) is 4.53. The Kier molecular flexibility index (Phi) is 8.33. The molecule has 2 N–H and O–H groups in total. The monoisotopic (exact) mass is 566 g/mol. The minimum absolute atomic E-state index is 0.0652. The van der Waals surface area contributed by atoms with Crippen LogP contribution in [0.3, 0.4) is 0 Å². The van der Waals surface area contributed by atoms with E-state index < -0.39 is 72.7 Å². The summed E-state index contributed by atoms with van der Waals surface area (Å²) in [6.07, 6.45) is -12.6. The number of benzene rings is 1. The summed E-state index contributed by atoms with van der Waals surface area (Å²) in [5.74, 6) is -3.05. The van der Waals surface area contributed by atoms with Gasteiger partial charge in [0, 0.05) is 18.6 Å². The van der Waals surface area contributed by atoms with Crippen molar-refractivity contribution in [2.24, 2.45) is 0 Å². The van der Waals surface area contributed by atoms with Crippen molar-refractivity contribution in [3.05, 3.63) is 52.2 Å². The predicted molar refractivity (Wildman–Crippen MR) is 121 cm³/mol. The minimum atomic E-state index is -4.92. The lowest BCUT2D eigenvalue weighted by atomic mass is 9.97. The Morgan fingerprint density at radius 1 is 1.10 bits per heavy atom. The van der Waals surface area contributed by atoms with Gasteiger partial charge < -0.3 is 24.8 Å². The number of rotatable bonds is 8. The number of carbonyl (C=O) groups is 1. The third-order valence-corrected chi connectivity index (χ3v) is 6.45. The maximum absolute atomic E-state index is 15.7. The topological polar surface area (TPSA) is 94.6 Å². The Morgan fingerprint density at radius 3 is 2.36 bits per heavy atom. The first-order valence-corrected chi connectivity index (χ1v) is 11.9. The first-order valence-electron chi connectivity index (χ1n) is 11.9. The largest absolute Gasteiger partial charge is 0.413 e. The molecule has 2 aromatic rings. The van der Waals surface area contributed by atoms with Gasteiger partial charge in [-0.25, -0.2) is 27.5 Å². The third-order valence-electron chi connectivity index (χ3n) is 6.45. The zero-order valence-electron chi connectivity index (χ0n) is 20.8. The van der Waals surface area contributed by atoms with Crippen molar-refractivity contribution < 1.29 is 49.7 Å². The van der Waals surface area contributed by atoms with Crippen LogP contribution in [-0.4, -0.2) is 54.0 Å². The molecule has 39 heavy (non-hydrogen) atoms. The molecule has 0 saturated carbocycles. The van der Waals surface area contributed by atoms with Crippen LogP contribution in [-0.2, 0) is 19.0 Å². The van der Waals surface area contributed by atoms with E-state index in [1.165, 1.54) is 26.0 Å². The minimum Gasteiger partial charge on any atom is -0.379 e. The maximum atomic E-state index is 15.7. The van der Waals surface area contributed by atoms with Crippen molar-refractivity contribution in [3.63, 3.8) is 0 Å². The highest BCUT2D eigenvalue weighted by Gasteiger charge is 2.58. The van der Waals surface area contributed by atoms with Crippen LogP contribution in [0.5, 0.6) is 0 Å². The molecule has 214 valence electrons. The highest BCUT2D eigenvalue weighted by atomic mass is 19.4. The Hall–Kier alpha value is -3.04. The molecule has 2 saturated heterocycles. The average Bonchev–Trinajstić information content (AvgIpc) is 3.56. The molecule has 2 fully saturated rings. The van der Waals surface area contributed by atoms with Gasteiger partial charge in [0.2, 0.25) is 6.17 Å². The molecule has 15 heteroatoms. The van der Waals surface area contributed by atoms with Gasteiger partial charge in [-0.15, -0.1) is 0 Å². The third kappa shape index (κ3) is 5.79. The molecule has 2 aliphatic rings. The molecule has 1 amide bonds. The number of amides is 1. The number of halogens is 7. The quantitative estimate of drug-likeness (QED) is 0.438. The van der Waals surface area contributed by atoms with Crippen molar-refractivity contribution in [1.29, 1.82) is 0 Å². The molecular formula is C24H25F7N4O4. The van der Waals surface area contributed by atoms with Gasteiger partial charge in [0.05, 0.1) is 42.7 Å². The van der Waals surface area contributed by atoms with Crippen LogP contribution >= 0.6 is 0 Å². The number of alkyl halides is 6. The first-order chi connectivity index (χ1) is 18.3. The van der Waals surface area contributed by atoms with Crippen LogP contribution in [0.15, 0.2) is 18.2 Å². The summed E-state index contributed by atoms with van der Waals surface area (Å²) in [4.78, 5) is 20.9. The lowest BCUT2D eigenvalue weighted by Gasteiger charge is -2.32. The molecule has 3 heterocycles. The van der Waals surface area contributed by atoms with Crippen LogP contribution in [0.4, 0.5) is 36.6 Å². The number of carbonyl (C=O) groups excluding carboxylic acids is 1. The van der Waals surface area contributed by atoms with Crippen molar-refractivity contribution in [1.82, 2.24) is 15.3 Å². The van der Waals surface area contributed by atoms with E-state index in [4.69, 9.17) is 14.2 Å². The van der Waals surface area contributed by atoms with Gasteiger partial charge in [-0.2, -0.15) is 13.2 Å². The maximum Gasteiger partial charge on any atom is 0.413 e. The zero-order valence-corrected chi connectivity index (χ0v) is 20.8. The van der Waals surface area contributed by atoms with E-state index in [0.29, 0.717) is 0 Å². The van der Waals surface area contributed by atoms with E-state index >= 15 is 4.39 Å². The molecule has 2 aliphatic heterocycles. The number of hydrogen-bond acceptors (Lipinski definition) is 7. The molecule has 1 aromatic carbocycles. The molecule has 0 spiro atoms. The summed E-state index contributed by atoms with van der Waals surface area (Å²) in [5.41, 5.74) is -4.62. The SMILES string of the molecule is Cc1nc(N[C@H](C)c2cccc(C(F)F)c2F)c(C2OCCO2)c(C(F)C(=O)N[C@]2(C(F)(F)F)CCOC2)n1. The fourth-order valence-electron chi connectivity index (χ4n) is 4.40. The second-order valence-electron chi connectivity index (χ2n) is 9.14. The number of aromatic nitrogens is 2. The van der Waals surface area contributed by atoms with E-state index in [1.807, 2.05) is 0 Å². The normalized spacial score (nSPS) is 21.8. The van der Waals surface area contributed by atoms with Crippen molar-refractivity contribution >= 4 is 11.7 Å². The van der Waals surface area contributed by atoms with Gasteiger partial charge in [-0.1, -0.05) is 18.2 Å². The van der Waals surface area contributed by atoms with Gasteiger partial charge in [0.1, 0.15) is 17.5 Å². The fourth-order valence-corrected chi connectivity index (χ4v) is 4.40. The van der Waals surface area contributed by atoms with E-state index in [1.54, 1.807) is 5.32 Å². The summed E-state index contributed by atoms with van der Waals surface area (Å²) in [6.45, 7) is 1.73. The molecule has 8 nitrogen and oxygen atoms in total. The standard InChI is InChI=1S/C24H25F7N4O4/c1-11(13-4-3-5-14(16(13)25)19(27)28)32-20-15(22-38-8-9-39-22)18(33-12(2)34-20)17(26)21(36)35-23(24(29,30)31)6-7-37-10-23/h3-5,11,17,19,22H,6-10H2,1-2H3,(H,35,36)(H,32,33,34)/t11-,17?,23-/m1/s1. The van der Waals surface area contributed by atoms with Crippen LogP contribution in [0, 0.1) is 12.7 Å². The number of nitrogens with one attached hydrogen (secondary N) is 2. The second-order valence-corrected chi connectivity index (χ2v) is 9.14. The molecule has 1 aromatic heterocycles. The second kappa shape index (κ2) is 11.2. The number of ether oxygens (including phenoxy) is 3. The fraction of sp³-hybridized carbons (Fsp3) is 0.542. The Balaban J connectivity index is 1.71. The summed E-state index contributed by atoms with van der Waals surface area (Å²) < 4.78 is 114. The molecule has 0 radical (unpaired) electrons. The van der Waals surface area contributed by atoms with Crippen LogP contribution < -0.4 is 10.6 Å². The van der Waals surface area contributed by atoms with Crippen molar-refractivity contribution in [2.45, 2.75) is 56.9 Å². The van der Waals surface area contributed by atoms with Gasteiger partial charge in [-0.3, -0.25) is 4.79 Å². The molecule has 1 unspecified atom stereocenters. The van der Waals surface area contributed by atoms with Gasteiger partial charge >= 0.3 is 6.18 Å². The van der Waals surface area contributed by atoms with Gasteiger partial charge in [-0.05, 0) is 13.8 Å². The highest BCUT2D eigenvalue weighted by molar-refractivity contribution is 5.83. The van der Waals surface area contributed by atoms with E-state index in [9.17, 15) is 31.1 Å². The van der Waals surface area contributed by atoms with Crippen LogP contribution in [0.1, 0.15) is 66.5 Å². The Bertz CT molecular complexity index is 1200. The molecular weight excluding hydrogens is 541 g/mol. The van der Waals surface area contributed by atoms with Crippen LogP contribution in [0.25, 0.3) is 0 Å². The number of hydrogen-bond donors (Lipinski definition) is 2. The Morgan fingerprint density at radius 2 is 1.77 bits per heavy atom. The molecule has 4 rings (SSSR count). The van der Waals surface area contributed by atoms with Gasteiger partial charge in [0.15, 0.2) is 11.8 Å². The predicted octanol–water partition coefficient (Wildman–Crippen LogP) is 4.93. The smallest absolute Gasteiger partial charge is 0.379 e. The lowest BCUT2D eigenvalue weighted by Crippen LogP contribution is -2.60. The van der Waals surface area contributed by atoms with Crippen molar-refractivity contribution in [3.8, 4) is 0 Å². The summed E-state index contributed by atoms with van der Waals surface area (Å²) in [6, 6.07) is 2.43. The van der Waals surface area contributed by atoms with E-state index in [-0.39, 0.29) is 42.6 Å². The molecule has 3 atom stereocenters. The van der Waals surface area contributed by atoms with Gasteiger partial charge in [0.25, 0.3) is 12.3 Å². The summed E-state index contributed by atoms with van der Waals surface area (Å²) in [7, 11) is 0. The number of aryl methyl sites for hydroxylation is 1.